The Morgan fingerprint density at radius 2 is 2.10 bits per heavy atom. The van der Waals surface area contributed by atoms with Crippen molar-refractivity contribution in [1.29, 1.82) is 0 Å². The summed E-state index contributed by atoms with van der Waals surface area (Å²) < 4.78 is 0. The summed E-state index contributed by atoms with van der Waals surface area (Å²) >= 11 is 0. The van der Waals surface area contributed by atoms with E-state index in [9.17, 15) is 19.8 Å². The maximum atomic E-state index is 12.2. The van der Waals surface area contributed by atoms with Gasteiger partial charge in [-0.1, -0.05) is 13.3 Å². The Kier molecular flexibility index (Phi) is 4.45. The number of pyridine rings is 1. The number of amides is 1. The van der Waals surface area contributed by atoms with Crippen molar-refractivity contribution in [3.05, 3.63) is 24.0 Å². The number of carbonyl (C=O) groups is 2. The lowest BCUT2D eigenvalue weighted by molar-refractivity contribution is -0.146. The van der Waals surface area contributed by atoms with Gasteiger partial charge in [0.05, 0.1) is 0 Å². The second-order valence-electron chi connectivity index (χ2n) is 5.56. The smallest absolute Gasteiger partial charge is 0.329 e. The van der Waals surface area contributed by atoms with Crippen LogP contribution in [0.25, 0.3) is 0 Å². The number of carbonyl (C=O) groups excluding carboxylic acids is 1. The van der Waals surface area contributed by atoms with E-state index in [1.165, 1.54) is 18.3 Å². The van der Waals surface area contributed by atoms with Crippen molar-refractivity contribution in [1.82, 2.24) is 10.3 Å². The fourth-order valence-electron chi connectivity index (χ4n) is 2.82. The van der Waals surface area contributed by atoms with Gasteiger partial charge in [-0.3, -0.25) is 4.79 Å². The fraction of sp³-hybridized carbons (Fsp3) is 0.533. The van der Waals surface area contributed by atoms with E-state index in [-0.39, 0.29) is 11.4 Å². The number of hydrogen-bond donors (Lipinski definition) is 3. The molecule has 1 heterocycles. The molecular formula is C15H20N2O4. The van der Waals surface area contributed by atoms with Gasteiger partial charge in [-0.15, -0.1) is 0 Å². The number of aromatic hydroxyl groups is 1. The maximum absolute atomic E-state index is 12.2. The average Bonchev–Trinajstić information content (AvgIpc) is 2.48. The highest BCUT2D eigenvalue weighted by atomic mass is 16.4. The maximum Gasteiger partial charge on any atom is 0.329 e. The summed E-state index contributed by atoms with van der Waals surface area (Å²) in [6.07, 6.45) is 4.76. The second kappa shape index (κ2) is 6.11. The minimum Gasteiger partial charge on any atom is -0.505 e. The third-order valence-corrected chi connectivity index (χ3v) is 4.30. The molecule has 0 atom stereocenters. The first-order chi connectivity index (χ1) is 9.98. The lowest BCUT2D eigenvalue weighted by Crippen LogP contribution is -2.56. The molecule has 6 nitrogen and oxygen atoms in total. The SMILES string of the molecule is CCC1CCC(NC(=O)c2ncccc2O)(C(=O)O)CC1. The number of carboxylic acids is 1. The fourth-order valence-corrected chi connectivity index (χ4v) is 2.82. The van der Waals surface area contributed by atoms with E-state index < -0.39 is 17.4 Å². The molecular weight excluding hydrogens is 272 g/mol. The molecule has 1 saturated carbocycles. The highest BCUT2D eigenvalue weighted by molar-refractivity contribution is 5.98. The molecule has 0 aromatic carbocycles. The van der Waals surface area contributed by atoms with Crippen LogP contribution in [-0.2, 0) is 4.79 Å². The van der Waals surface area contributed by atoms with Crippen LogP contribution in [0.4, 0.5) is 0 Å². The third-order valence-electron chi connectivity index (χ3n) is 4.30. The second-order valence-corrected chi connectivity index (χ2v) is 5.56. The molecule has 6 heteroatoms. The largest absolute Gasteiger partial charge is 0.505 e. The first kappa shape index (κ1) is 15.3. The Bertz CT molecular complexity index is 536. The predicted molar refractivity (Wildman–Crippen MR) is 76.0 cm³/mol. The van der Waals surface area contributed by atoms with E-state index in [4.69, 9.17) is 0 Å². The van der Waals surface area contributed by atoms with Gasteiger partial charge in [0, 0.05) is 6.20 Å². The minimum absolute atomic E-state index is 0.143. The topological polar surface area (TPSA) is 99.5 Å². The summed E-state index contributed by atoms with van der Waals surface area (Å²) in [5.41, 5.74) is -1.40. The zero-order valence-corrected chi connectivity index (χ0v) is 12.0. The average molecular weight is 292 g/mol. The molecule has 0 unspecified atom stereocenters. The number of nitrogens with zero attached hydrogens (tertiary/aromatic N) is 1. The number of hydrogen-bond acceptors (Lipinski definition) is 4. The van der Waals surface area contributed by atoms with E-state index in [0.29, 0.717) is 18.8 Å². The Hall–Kier alpha value is -2.11. The van der Waals surface area contributed by atoms with Gasteiger partial charge in [0.15, 0.2) is 5.69 Å². The Morgan fingerprint density at radius 1 is 1.43 bits per heavy atom. The molecule has 0 bridgehead atoms. The van der Waals surface area contributed by atoms with Crippen LogP contribution in [0.5, 0.6) is 5.75 Å². The van der Waals surface area contributed by atoms with E-state index in [1.807, 2.05) is 0 Å². The molecule has 1 aromatic rings. The lowest BCUT2D eigenvalue weighted by Gasteiger charge is -2.37. The molecule has 114 valence electrons. The number of aromatic nitrogens is 1. The summed E-state index contributed by atoms with van der Waals surface area (Å²) in [5, 5.41) is 21.7. The predicted octanol–water partition coefficient (Wildman–Crippen LogP) is 1.94. The molecule has 2 rings (SSSR count). The van der Waals surface area contributed by atoms with Crippen LogP contribution in [0.15, 0.2) is 18.3 Å². The van der Waals surface area contributed by atoms with Crippen LogP contribution in [0.3, 0.4) is 0 Å². The molecule has 0 saturated heterocycles. The van der Waals surface area contributed by atoms with Gasteiger partial charge in [-0.25, -0.2) is 9.78 Å². The molecule has 0 spiro atoms. The van der Waals surface area contributed by atoms with Gasteiger partial charge in [0.2, 0.25) is 0 Å². The monoisotopic (exact) mass is 292 g/mol. The van der Waals surface area contributed by atoms with E-state index >= 15 is 0 Å². The molecule has 21 heavy (non-hydrogen) atoms. The first-order valence-electron chi connectivity index (χ1n) is 7.18. The third kappa shape index (κ3) is 3.15. The van der Waals surface area contributed by atoms with E-state index in [2.05, 4.69) is 17.2 Å². The van der Waals surface area contributed by atoms with Crippen LogP contribution in [-0.4, -0.2) is 32.6 Å². The van der Waals surface area contributed by atoms with Gasteiger partial charge in [-0.2, -0.15) is 0 Å². The van der Waals surface area contributed by atoms with Crippen LogP contribution < -0.4 is 5.32 Å². The molecule has 3 N–H and O–H groups in total. The molecule has 1 fully saturated rings. The molecule has 1 aliphatic rings. The number of rotatable bonds is 4. The van der Waals surface area contributed by atoms with Crippen molar-refractivity contribution >= 4 is 11.9 Å². The molecule has 1 aliphatic carbocycles. The molecule has 1 amide bonds. The van der Waals surface area contributed by atoms with Crippen LogP contribution >= 0.6 is 0 Å². The Balaban J connectivity index is 2.16. The van der Waals surface area contributed by atoms with Crippen molar-refractivity contribution in [2.24, 2.45) is 5.92 Å². The molecule has 0 aliphatic heterocycles. The van der Waals surface area contributed by atoms with Gasteiger partial charge >= 0.3 is 5.97 Å². The van der Waals surface area contributed by atoms with Gasteiger partial charge in [0.25, 0.3) is 5.91 Å². The summed E-state index contributed by atoms with van der Waals surface area (Å²) in [7, 11) is 0. The van der Waals surface area contributed by atoms with Crippen molar-refractivity contribution < 1.29 is 19.8 Å². The van der Waals surface area contributed by atoms with Crippen molar-refractivity contribution in [3.8, 4) is 5.75 Å². The van der Waals surface area contributed by atoms with Crippen molar-refractivity contribution in [2.45, 2.75) is 44.6 Å². The highest BCUT2D eigenvalue weighted by Gasteiger charge is 2.43. The van der Waals surface area contributed by atoms with Crippen LogP contribution in [0.2, 0.25) is 0 Å². The number of aliphatic carboxylic acids is 1. The van der Waals surface area contributed by atoms with E-state index in [1.54, 1.807) is 0 Å². The summed E-state index contributed by atoms with van der Waals surface area (Å²) in [6, 6.07) is 2.86. The standard InChI is InChI=1S/C15H20N2O4/c1-2-10-5-7-15(8-6-10,14(20)21)17-13(19)12-11(18)4-3-9-16-12/h3-4,9-10,18H,2,5-8H2,1H3,(H,17,19)(H,20,21). The van der Waals surface area contributed by atoms with Crippen molar-refractivity contribution in [2.75, 3.05) is 0 Å². The first-order valence-corrected chi connectivity index (χ1v) is 7.18. The van der Waals surface area contributed by atoms with E-state index in [0.717, 1.165) is 19.3 Å². The minimum atomic E-state index is -1.26. The Labute approximate surface area is 123 Å². The summed E-state index contributed by atoms with van der Waals surface area (Å²) in [5.74, 6) is -1.42. The van der Waals surface area contributed by atoms with Crippen molar-refractivity contribution in [3.63, 3.8) is 0 Å². The number of nitrogens with one attached hydrogen (secondary N) is 1. The van der Waals surface area contributed by atoms with Crippen LogP contribution in [0, 0.1) is 5.92 Å². The summed E-state index contributed by atoms with van der Waals surface area (Å²) in [6.45, 7) is 2.09. The van der Waals surface area contributed by atoms with Crippen LogP contribution in [0.1, 0.15) is 49.5 Å². The summed E-state index contributed by atoms with van der Waals surface area (Å²) in [4.78, 5) is 27.6. The number of carboxylic acid groups (broad SMARTS) is 1. The lowest BCUT2D eigenvalue weighted by atomic mass is 9.75. The van der Waals surface area contributed by atoms with Gasteiger partial charge < -0.3 is 15.5 Å². The van der Waals surface area contributed by atoms with Gasteiger partial charge in [-0.05, 0) is 43.7 Å². The highest BCUT2D eigenvalue weighted by Crippen LogP contribution is 2.34. The van der Waals surface area contributed by atoms with Gasteiger partial charge in [0.1, 0.15) is 11.3 Å². The molecule has 0 radical (unpaired) electrons. The Morgan fingerprint density at radius 3 is 2.62 bits per heavy atom. The normalized spacial score (nSPS) is 25.3. The zero-order chi connectivity index (χ0) is 15.5. The molecule has 1 aromatic heterocycles. The quantitative estimate of drug-likeness (QED) is 0.787. The zero-order valence-electron chi connectivity index (χ0n) is 12.0.